The summed E-state index contributed by atoms with van der Waals surface area (Å²) in [7, 11) is 0. The van der Waals surface area contributed by atoms with Gasteiger partial charge in [0.1, 0.15) is 0 Å². The van der Waals surface area contributed by atoms with Gasteiger partial charge in [-0.05, 0) is 54.2 Å². The molecule has 0 aromatic heterocycles. The minimum atomic E-state index is 0.574. The number of rotatable bonds is 4. The van der Waals surface area contributed by atoms with Crippen LogP contribution in [-0.4, -0.2) is 6.04 Å². The van der Waals surface area contributed by atoms with Gasteiger partial charge in [0.15, 0.2) is 0 Å². The number of hydrogen-bond donors (Lipinski definition) is 1. The number of halogens is 1. The van der Waals surface area contributed by atoms with Crippen LogP contribution in [0.25, 0.3) is 0 Å². The van der Waals surface area contributed by atoms with Crippen LogP contribution < -0.4 is 5.32 Å². The highest BCUT2D eigenvalue weighted by Gasteiger charge is 2.29. The second-order valence-corrected chi connectivity index (χ2v) is 6.05. The third-order valence-corrected chi connectivity index (χ3v) is 4.37. The first kappa shape index (κ1) is 14.1. The number of nitrogens with one attached hydrogen (secondary N) is 1. The minimum absolute atomic E-state index is 0.574. The van der Waals surface area contributed by atoms with Crippen LogP contribution in [0, 0.1) is 11.3 Å². The van der Waals surface area contributed by atoms with Gasteiger partial charge in [0.05, 0.1) is 11.6 Å². The van der Waals surface area contributed by atoms with Crippen LogP contribution in [0.3, 0.4) is 0 Å². The van der Waals surface area contributed by atoms with Crippen molar-refractivity contribution in [3.05, 3.63) is 70.2 Å². The summed E-state index contributed by atoms with van der Waals surface area (Å²) < 4.78 is 0. The number of hydrogen-bond acceptors (Lipinski definition) is 2. The van der Waals surface area contributed by atoms with Crippen LogP contribution in [0.4, 0.5) is 0 Å². The first-order chi connectivity index (χ1) is 10.2. The predicted molar refractivity (Wildman–Crippen MR) is 85.2 cm³/mol. The Hall–Kier alpha value is -1.82. The second kappa shape index (κ2) is 6.30. The lowest BCUT2D eigenvalue weighted by molar-refractivity contribution is 0.289. The molecule has 0 saturated heterocycles. The van der Waals surface area contributed by atoms with E-state index in [1.54, 1.807) is 0 Å². The summed E-state index contributed by atoms with van der Waals surface area (Å²) in [6.45, 7) is 0.860. The molecule has 0 atom stereocenters. The van der Waals surface area contributed by atoms with Crippen molar-refractivity contribution in [1.82, 2.24) is 5.32 Å². The second-order valence-electron chi connectivity index (χ2n) is 5.61. The maximum atomic E-state index is 8.78. The Morgan fingerprint density at radius 3 is 2.57 bits per heavy atom. The zero-order valence-electron chi connectivity index (χ0n) is 11.7. The van der Waals surface area contributed by atoms with Gasteiger partial charge in [-0.2, -0.15) is 5.26 Å². The van der Waals surface area contributed by atoms with Gasteiger partial charge in [0, 0.05) is 17.6 Å². The normalized spacial score (nSPS) is 20.6. The van der Waals surface area contributed by atoms with Crippen molar-refractivity contribution in [2.24, 2.45) is 0 Å². The van der Waals surface area contributed by atoms with E-state index in [0.717, 1.165) is 24.4 Å². The van der Waals surface area contributed by atoms with E-state index >= 15 is 0 Å². The van der Waals surface area contributed by atoms with Crippen LogP contribution in [0.2, 0.25) is 5.02 Å². The van der Waals surface area contributed by atoms with Gasteiger partial charge in [-0.15, -0.1) is 0 Å². The Labute approximate surface area is 130 Å². The molecule has 0 heterocycles. The quantitative estimate of drug-likeness (QED) is 0.915. The molecule has 1 aliphatic rings. The van der Waals surface area contributed by atoms with Gasteiger partial charge in [0.25, 0.3) is 0 Å². The predicted octanol–water partition coefficient (Wildman–Crippen LogP) is 4.25. The van der Waals surface area contributed by atoms with Crippen molar-refractivity contribution < 1.29 is 0 Å². The van der Waals surface area contributed by atoms with Crippen LogP contribution in [0.5, 0.6) is 0 Å². The number of nitriles is 1. The Morgan fingerprint density at radius 1 is 1.14 bits per heavy atom. The molecule has 0 amide bonds. The summed E-state index contributed by atoms with van der Waals surface area (Å²) in [5, 5.41) is 13.2. The summed E-state index contributed by atoms with van der Waals surface area (Å²) >= 11 is 6.03. The molecular formula is C18H17ClN2. The fraction of sp³-hybridized carbons (Fsp3) is 0.278. The molecular weight excluding hydrogens is 280 g/mol. The van der Waals surface area contributed by atoms with E-state index in [0.29, 0.717) is 17.5 Å². The molecule has 0 spiro atoms. The molecule has 1 saturated carbocycles. The molecule has 0 unspecified atom stereocenters. The summed E-state index contributed by atoms with van der Waals surface area (Å²) in [6.07, 6.45) is 2.33. The van der Waals surface area contributed by atoms with E-state index < -0.39 is 0 Å². The molecule has 0 aliphatic heterocycles. The summed E-state index contributed by atoms with van der Waals surface area (Å²) in [4.78, 5) is 0. The topological polar surface area (TPSA) is 35.8 Å². The lowest BCUT2D eigenvalue weighted by Gasteiger charge is -2.36. The molecule has 3 heteroatoms. The van der Waals surface area contributed by atoms with Crippen LogP contribution in [0.15, 0.2) is 48.5 Å². The molecule has 0 radical (unpaired) electrons. The fourth-order valence-corrected chi connectivity index (χ4v) is 2.98. The SMILES string of the molecule is N#Cc1ccc(CNC2CC(c3cccc(Cl)c3)C2)cc1. The van der Waals surface area contributed by atoms with E-state index in [9.17, 15) is 0 Å². The highest BCUT2D eigenvalue weighted by molar-refractivity contribution is 6.30. The van der Waals surface area contributed by atoms with E-state index in [1.165, 1.54) is 11.1 Å². The number of benzene rings is 2. The maximum absolute atomic E-state index is 8.78. The van der Waals surface area contributed by atoms with E-state index in [2.05, 4.69) is 23.5 Å². The zero-order valence-corrected chi connectivity index (χ0v) is 12.5. The van der Waals surface area contributed by atoms with Crippen molar-refractivity contribution in [3.63, 3.8) is 0 Å². The largest absolute Gasteiger partial charge is 0.310 e. The third-order valence-electron chi connectivity index (χ3n) is 4.14. The Balaban J connectivity index is 1.47. The van der Waals surface area contributed by atoms with E-state index in [4.69, 9.17) is 16.9 Å². The van der Waals surface area contributed by atoms with Gasteiger partial charge in [-0.25, -0.2) is 0 Å². The molecule has 1 aliphatic carbocycles. The summed E-state index contributed by atoms with van der Waals surface area (Å²) in [5.41, 5.74) is 3.28. The van der Waals surface area contributed by atoms with Gasteiger partial charge in [-0.1, -0.05) is 35.9 Å². The Bertz CT molecular complexity index is 652. The van der Waals surface area contributed by atoms with Crippen LogP contribution in [0.1, 0.15) is 35.4 Å². The molecule has 3 rings (SSSR count). The molecule has 2 aromatic rings. The first-order valence-corrected chi connectivity index (χ1v) is 7.60. The Morgan fingerprint density at radius 2 is 1.90 bits per heavy atom. The lowest BCUT2D eigenvalue weighted by Crippen LogP contribution is -2.39. The standard InChI is InChI=1S/C18H17ClN2/c19-17-3-1-2-15(8-17)16-9-18(10-16)21-12-14-6-4-13(11-20)5-7-14/h1-8,16,18,21H,9-10,12H2. The van der Waals surface area contributed by atoms with Crippen LogP contribution in [-0.2, 0) is 6.54 Å². The van der Waals surface area contributed by atoms with E-state index in [-0.39, 0.29) is 0 Å². The molecule has 106 valence electrons. The highest BCUT2D eigenvalue weighted by atomic mass is 35.5. The molecule has 2 aromatic carbocycles. The molecule has 2 nitrogen and oxygen atoms in total. The summed E-state index contributed by atoms with van der Waals surface area (Å²) in [5.74, 6) is 0.627. The third kappa shape index (κ3) is 3.44. The monoisotopic (exact) mass is 296 g/mol. The Kier molecular flexibility index (Phi) is 4.24. The maximum Gasteiger partial charge on any atom is 0.0991 e. The van der Waals surface area contributed by atoms with Gasteiger partial charge >= 0.3 is 0 Å². The van der Waals surface area contributed by atoms with Crippen molar-refractivity contribution in [1.29, 1.82) is 5.26 Å². The minimum Gasteiger partial charge on any atom is -0.310 e. The van der Waals surface area contributed by atoms with Crippen molar-refractivity contribution in [2.75, 3.05) is 0 Å². The summed E-state index contributed by atoms with van der Waals surface area (Å²) in [6, 6.07) is 18.6. The van der Waals surface area contributed by atoms with Gasteiger partial charge < -0.3 is 5.32 Å². The fourth-order valence-electron chi connectivity index (χ4n) is 2.78. The van der Waals surface area contributed by atoms with Gasteiger partial charge in [0.2, 0.25) is 0 Å². The van der Waals surface area contributed by atoms with Crippen molar-refractivity contribution in [3.8, 4) is 6.07 Å². The van der Waals surface area contributed by atoms with Crippen molar-refractivity contribution in [2.45, 2.75) is 31.3 Å². The van der Waals surface area contributed by atoms with Gasteiger partial charge in [-0.3, -0.25) is 0 Å². The molecule has 1 fully saturated rings. The average Bonchev–Trinajstić information content (AvgIpc) is 2.46. The van der Waals surface area contributed by atoms with Crippen molar-refractivity contribution >= 4 is 11.6 Å². The average molecular weight is 297 g/mol. The molecule has 0 bridgehead atoms. The smallest absolute Gasteiger partial charge is 0.0991 e. The number of nitrogens with zero attached hydrogens (tertiary/aromatic N) is 1. The highest BCUT2D eigenvalue weighted by Crippen LogP contribution is 2.37. The van der Waals surface area contributed by atoms with E-state index in [1.807, 2.05) is 36.4 Å². The first-order valence-electron chi connectivity index (χ1n) is 7.22. The molecule has 1 N–H and O–H groups in total. The lowest BCUT2D eigenvalue weighted by atomic mass is 9.76. The zero-order chi connectivity index (χ0) is 14.7. The molecule has 21 heavy (non-hydrogen) atoms. The van der Waals surface area contributed by atoms with Crippen LogP contribution >= 0.6 is 11.6 Å².